The van der Waals surface area contributed by atoms with Crippen molar-refractivity contribution in [3.8, 4) is 11.1 Å². The first-order chi connectivity index (χ1) is 36.1. The molecule has 74 heavy (non-hydrogen) atoms. The van der Waals surface area contributed by atoms with Crippen LogP contribution < -0.4 is 9.80 Å². The summed E-state index contributed by atoms with van der Waals surface area (Å²) in [4.78, 5) is 4.84. The van der Waals surface area contributed by atoms with Crippen molar-refractivity contribution in [1.82, 2.24) is 0 Å². The van der Waals surface area contributed by atoms with E-state index in [1.54, 1.807) is 0 Å². The van der Waals surface area contributed by atoms with Crippen LogP contribution in [0.2, 0.25) is 0 Å². The van der Waals surface area contributed by atoms with Crippen molar-refractivity contribution in [3.63, 3.8) is 0 Å². The Morgan fingerprint density at radius 1 is 0.351 bits per heavy atom. The molecule has 0 amide bonds. The summed E-state index contributed by atoms with van der Waals surface area (Å²) < 4.78 is 20.7. The highest BCUT2D eigenvalue weighted by atomic mass is 16.3. The molecule has 0 spiro atoms. The Hall–Kier alpha value is -9.06. The summed E-state index contributed by atoms with van der Waals surface area (Å²) in [6, 6.07) is 70.3. The van der Waals surface area contributed by atoms with Gasteiger partial charge in [-0.3, -0.25) is 0 Å². The fraction of sp³-hybridized carbons (Fsp3) is 0.101. The van der Waals surface area contributed by atoms with Gasteiger partial charge in [0, 0.05) is 49.2 Å². The van der Waals surface area contributed by atoms with Crippen molar-refractivity contribution < 1.29 is 13.3 Å². The fourth-order valence-electron chi connectivity index (χ4n) is 12.8. The minimum atomic E-state index is -0.398. The van der Waals surface area contributed by atoms with E-state index >= 15 is 0 Å². The third-order valence-corrected chi connectivity index (χ3v) is 16.3. The first-order valence-electron chi connectivity index (χ1n) is 25.7. The molecule has 3 heterocycles. The van der Waals surface area contributed by atoms with Gasteiger partial charge < -0.3 is 23.1 Å². The van der Waals surface area contributed by atoms with Crippen molar-refractivity contribution in [2.24, 2.45) is 0 Å². The number of nitrogens with zero attached hydrogens (tertiary/aromatic N) is 2. The number of furan rings is 3. The zero-order valence-electron chi connectivity index (χ0n) is 42.1. The second-order valence-corrected chi connectivity index (χ2v) is 21.0. The molecule has 5 heteroatoms. The van der Waals surface area contributed by atoms with E-state index < -0.39 is 5.41 Å². The SMILES string of the molecule is Cc1cccc(C)c1N(c1ccc2c(c1)oc1cc3c(cc12)-c1c(cc(N(c2c(C)cccc2C)c2cccc4c2oc2ccccc24)c2ccc4ccccc4c12)C3(C)C)c1cccc2c1oc1ccccc12. The van der Waals surface area contributed by atoms with Crippen LogP contribution in [0.25, 0.3) is 98.5 Å². The van der Waals surface area contributed by atoms with E-state index in [1.165, 1.54) is 66.1 Å². The van der Waals surface area contributed by atoms with Gasteiger partial charge in [-0.25, -0.2) is 0 Å². The average molecular weight is 955 g/mol. The second kappa shape index (κ2) is 15.5. The lowest BCUT2D eigenvalue weighted by atomic mass is 9.81. The molecule has 1 aliphatic carbocycles. The number of hydrogen-bond acceptors (Lipinski definition) is 5. The lowest BCUT2D eigenvalue weighted by molar-refractivity contribution is 0.647. The molecule has 0 radical (unpaired) electrons. The van der Waals surface area contributed by atoms with Crippen molar-refractivity contribution in [2.75, 3.05) is 9.80 Å². The lowest BCUT2D eigenvalue weighted by Gasteiger charge is -2.32. The third kappa shape index (κ3) is 5.92. The smallest absolute Gasteiger partial charge is 0.159 e. The molecule has 0 unspecified atom stereocenters. The summed E-state index contributed by atoms with van der Waals surface area (Å²) >= 11 is 0. The van der Waals surface area contributed by atoms with Gasteiger partial charge in [0.2, 0.25) is 0 Å². The molecule has 0 saturated heterocycles. The van der Waals surface area contributed by atoms with Crippen LogP contribution in [0.5, 0.6) is 0 Å². The zero-order chi connectivity index (χ0) is 49.7. The Balaban J connectivity index is 0.969. The topological polar surface area (TPSA) is 45.9 Å². The molecule has 1 aliphatic rings. The van der Waals surface area contributed by atoms with Gasteiger partial charge in [-0.2, -0.15) is 0 Å². The van der Waals surface area contributed by atoms with Crippen LogP contribution in [0.1, 0.15) is 47.2 Å². The van der Waals surface area contributed by atoms with Crippen LogP contribution in [0, 0.1) is 27.7 Å². The molecule has 0 bridgehead atoms. The highest BCUT2D eigenvalue weighted by Crippen LogP contribution is 2.58. The first-order valence-corrected chi connectivity index (χ1v) is 25.7. The number of hydrogen-bond donors (Lipinski definition) is 0. The van der Waals surface area contributed by atoms with E-state index in [-0.39, 0.29) is 0 Å². The number of para-hydroxylation sites is 6. The Kier molecular flexibility index (Phi) is 8.91. The number of aryl methyl sites for hydroxylation is 4. The molecule has 0 fully saturated rings. The first kappa shape index (κ1) is 42.6. The van der Waals surface area contributed by atoms with Gasteiger partial charge in [0.15, 0.2) is 11.2 Å². The predicted molar refractivity (Wildman–Crippen MR) is 309 cm³/mol. The number of fused-ring (bicyclic) bond motifs is 16. The molecular formula is C69H50N2O3. The lowest BCUT2D eigenvalue weighted by Crippen LogP contribution is -2.18. The van der Waals surface area contributed by atoms with Gasteiger partial charge >= 0.3 is 0 Å². The quantitative estimate of drug-likeness (QED) is 0.155. The molecule has 0 aliphatic heterocycles. The summed E-state index contributed by atoms with van der Waals surface area (Å²) in [5, 5.41) is 11.4. The Bertz CT molecular complexity index is 4680. The molecule has 0 N–H and O–H groups in total. The summed E-state index contributed by atoms with van der Waals surface area (Å²) in [5.41, 5.74) is 20.9. The molecule has 354 valence electrons. The van der Waals surface area contributed by atoms with Crippen LogP contribution in [-0.4, -0.2) is 0 Å². The second-order valence-electron chi connectivity index (χ2n) is 21.0. The number of benzene rings is 11. The van der Waals surface area contributed by atoms with Crippen LogP contribution in [-0.2, 0) is 5.41 Å². The zero-order valence-corrected chi connectivity index (χ0v) is 42.1. The molecular weight excluding hydrogens is 905 g/mol. The van der Waals surface area contributed by atoms with Crippen molar-refractivity contribution in [2.45, 2.75) is 47.0 Å². The standard InChI is InChI=1S/C69H50N2O3/c1-39-17-13-18-40(2)65(39)70(56-27-15-25-49-46-23-9-11-29-59(46)73-67(49)56)44-32-34-48-52-36-53-54(38-62(52)72-61(48)35-44)69(5,6)55-37-58(51-33-31-43-21-7-8-22-45(43)63(51)64(53)55)71(66-41(3)19-14-20-42(66)4)57-28-16-26-50-47-24-10-12-30-60(47)74-68(50)57/h7-38H,1-6H3. The van der Waals surface area contributed by atoms with Crippen LogP contribution in [0.4, 0.5) is 34.1 Å². The van der Waals surface area contributed by atoms with Gasteiger partial charge in [0.25, 0.3) is 0 Å². The summed E-state index contributed by atoms with van der Waals surface area (Å²) in [7, 11) is 0. The van der Waals surface area contributed by atoms with Gasteiger partial charge in [-0.1, -0.05) is 147 Å². The molecule has 0 saturated carbocycles. The van der Waals surface area contributed by atoms with Crippen molar-refractivity contribution in [3.05, 3.63) is 228 Å². The van der Waals surface area contributed by atoms with Gasteiger partial charge in [0.1, 0.15) is 22.3 Å². The minimum Gasteiger partial charge on any atom is -0.456 e. The normalized spacial score (nSPS) is 13.1. The minimum absolute atomic E-state index is 0.398. The van der Waals surface area contributed by atoms with Crippen molar-refractivity contribution in [1.29, 1.82) is 0 Å². The largest absolute Gasteiger partial charge is 0.456 e. The van der Waals surface area contributed by atoms with E-state index in [2.05, 4.69) is 239 Å². The molecule has 11 aromatic carbocycles. The number of anilines is 6. The molecule has 15 rings (SSSR count). The molecule has 0 atom stereocenters. The average Bonchev–Trinajstić information content (AvgIpc) is 4.15. The number of rotatable bonds is 6. The Labute approximate surface area is 428 Å². The van der Waals surface area contributed by atoms with E-state index in [0.29, 0.717) is 0 Å². The van der Waals surface area contributed by atoms with E-state index in [4.69, 9.17) is 13.3 Å². The van der Waals surface area contributed by atoms with Gasteiger partial charge in [-0.05, 0) is 143 Å². The molecule has 3 aromatic heterocycles. The van der Waals surface area contributed by atoms with Crippen LogP contribution >= 0.6 is 0 Å². The Morgan fingerprint density at radius 3 is 1.51 bits per heavy atom. The maximum absolute atomic E-state index is 7.09. The van der Waals surface area contributed by atoms with E-state index in [1.807, 2.05) is 6.07 Å². The highest BCUT2D eigenvalue weighted by molar-refractivity contribution is 6.23. The highest BCUT2D eigenvalue weighted by Gasteiger charge is 2.40. The maximum atomic E-state index is 7.09. The Morgan fingerprint density at radius 2 is 0.865 bits per heavy atom. The third-order valence-electron chi connectivity index (χ3n) is 16.3. The van der Waals surface area contributed by atoms with Gasteiger partial charge in [-0.15, -0.1) is 0 Å². The van der Waals surface area contributed by atoms with Crippen LogP contribution in [0.15, 0.2) is 207 Å². The predicted octanol–water partition coefficient (Wildman–Crippen LogP) is 20.2. The fourth-order valence-corrected chi connectivity index (χ4v) is 12.8. The van der Waals surface area contributed by atoms with Crippen LogP contribution in [0.3, 0.4) is 0 Å². The van der Waals surface area contributed by atoms with E-state index in [0.717, 1.165) is 99.9 Å². The van der Waals surface area contributed by atoms with Crippen molar-refractivity contribution >= 4 is 121 Å². The van der Waals surface area contributed by atoms with Gasteiger partial charge in [0.05, 0.1) is 34.1 Å². The van der Waals surface area contributed by atoms with E-state index in [9.17, 15) is 0 Å². The maximum Gasteiger partial charge on any atom is 0.159 e. The summed E-state index contributed by atoms with van der Waals surface area (Å²) in [5.74, 6) is 0. The monoisotopic (exact) mass is 954 g/mol. The summed E-state index contributed by atoms with van der Waals surface area (Å²) in [6.45, 7) is 13.6. The molecule has 14 aromatic rings. The summed E-state index contributed by atoms with van der Waals surface area (Å²) in [6.07, 6.45) is 0. The molecule has 5 nitrogen and oxygen atoms in total.